The van der Waals surface area contributed by atoms with E-state index < -0.39 is 5.97 Å². The molecule has 0 saturated heterocycles. The maximum absolute atomic E-state index is 12.9. The van der Waals surface area contributed by atoms with Crippen LogP contribution in [0.1, 0.15) is 16.1 Å². The molecule has 2 aromatic heterocycles. The molecule has 0 bridgehead atoms. The quantitative estimate of drug-likeness (QED) is 0.479. The minimum absolute atomic E-state index is 0.0681. The van der Waals surface area contributed by atoms with Crippen LogP contribution in [0.15, 0.2) is 72.9 Å². The van der Waals surface area contributed by atoms with Gasteiger partial charge in [-0.2, -0.15) is 0 Å². The van der Waals surface area contributed by atoms with E-state index in [2.05, 4.69) is 5.32 Å². The first-order valence-electron chi connectivity index (χ1n) is 9.26. The van der Waals surface area contributed by atoms with Crippen molar-refractivity contribution in [3.8, 4) is 11.3 Å². The zero-order valence-electron chi connectivity index (χ0n) is 16.1. The van der Waals surface area contributed by atoms with Crippen LogP contribution in [0, 0.1) is 0 Å². The SMILES string of the molecule is COC(=O)c1ccccc1NC(=O)Cc1c(-c2ccc(Cl)cc2)nc2ccccn12. The van der Waals surface area contributed by atoms with Crippen molar-refractivity contribution in [2.45, 2.75) is 6.42 Å². The molecular formula is C23H18ClN3O3. The number of imidazole rings is 1. The van der Waals surface area contributed by atoms with Crippen LogP contribution < -0.4 is 5.32 Å². The number of esters is 1. The molecule has 30 heavy (non-hydrogen) atoms. The van der Waals surface area contributed by atoms with E-state index >= 15 is 0 Å². The number of carbonyl (C=O) groups excluding carboxylic acids is 2. The highest BCUT2D eigenvalue weighted by molar-refractivity contribution is 6.30. The monoisotopic (exact) mass is 419 g/mol. The lowest BCUT2D eigenvalue weighted by Gasteiger charge is -2.10. The average molecular weight is 420 g/mol. The Kier molecular flexibility index (Phi) is 5.50. The molecule has 1 amide bonds. The molecule has 1 N–H and O–H groups in total. The Morgan fingerprint density at radius 2 is 1.77 bits per heavy atom. The number of hydrogen-bond acceptors (Lipinski definition) is 4. The Morgan fingerprint density at radius 3 is 2.53 bits per heavy atom. The van der Waals surface area contributed by atoms with E-state index in [0.29, 0.717) is 22.0 Å². The number of para-hydroxylation sites is 1. The Hall–Kier alpha value is -3.64. The maximum atomic E-state index is 12.9. The van der Waals surface area contributed by atoms with Crippen molar-refractivity contribution >= 4 is 34.8 Å². The van der Waals surface area contributed by atoms with Crippen LogP contribution in [0.4, 0.5) is 5.69 Å². The van der Waals surface area contributed by atoms with Crippen LogP contribution in [-0.4, -0.2) is 28.4 Å². The fourth-order valence-corrected chi connectivity index (χ4v) is 3.41. The van der Waals surface area contributed by atoms with E-state index in [9.17, 15) is 9.59 Å². The number of hydrogen-bond donors (Lipinski definition) is 1. The van der Waals surface area contributed by atoms with Gasteiger partial charge in [0.15, 0.2) is 0 Å². The summed E-state index contributed by atoms with van der Waals surface area (Å²) in [5, 5.41) is 3.44. The van der Waals surface area contributed by atoms with Gasteiger partial charge in [-0.3, -0.25) is 4.79 Å². The van der Waals surface area contributed by atoms with Crippen molar-refractivity contribution in [3.63, 3.8) is 0 Å². The van der Waals surface area contributed by atoms with Crippen LogP contribution in [0.5, 0.6) is 0 Å². The molecule has 0 radical (unpaired) electrons. The molecule has 2 heterocycles. The van der Waals surface area contributed by atoms with E-state index in [1.54, 1.807) is 36.4 Å². The van der Waals surface area contributed by atoms with Gasteiger partial charge in [0.05, 0.1) is 36.2 Å². The Balaban J connectivity index is 1.69. The molecule has 0 saturated carbocycles. The lowest BCUT2D eigenvalue weighted by Crippen LogP contribution is -2.18. The van der Waals surface area contributed by atoms with E-state index in [1.165, 1.54) is 7.11 Å². The number of benzene rings is 2. The predicted octanol–water partition coefficient (Wildman–Crippen LogP) is 4.62. The summed E-state index contributed by atoms with van der Waals surface area (Å²) >= 11 is 6.02. The highest BCUT2D eigenvalue weighted by Crippen LogP contribution is 2.27. The second kappa shape index (κ2) is 8.39. The molecule has 6 nitrogen and oxygen atoms in total. The fraction of sp³-hybridized carbons (Fsp3) is 0.0870. The minimum atomic E-state index is -0.512. The van der Waals surface area contributed by atoms with Gasteiger partial charge in [0.1, 0.15) is 5.65 Å². The Bertz CT molecular complexity index is 1230. The smallest absolute Gasteiger partial charge is 0.339 e. The predicted molar refractivity (Wildman–Crippen MR) is 116 cm³/mol. The van der Waals surface area contributed by atoms with Crippen LogP contribution in [0.2, 0.25) is 5.02 Å². The van der Waals surface area contributed by atoms with Crippen molar-refractivity contribution in [1.82, 2.24) is 9.38 Å². The minimum Gasteiger partial charge on any atom is -0.465 e. The summed E-state index contributed by atoms with van der Waals surface area (Å²) in [6.07, 6.45) is 1.94. The molecule has 0 atom stereocenters. The van der Waals surface area contributed by atoms with Crippen molar-refractivity contribution < 1.29 is 14.3 Å². The second-order valence-electron chi connectivity index (χ2n) is 6.60. The van der Waals surface area contributed by atoms with Crippen molar-refractivity contribution in [3.05, 3.63) is 89.2 Å². The number of halogens is 1. The summed E-state index contributed by atoms with van der Waals surface area (Å²) < 4.78 is 6.68. The lowest BCUT2D eigenvalue weighted by molar-refractivity contribution is -0.115. The lowest BCUT2D eigenvalue weighted by atomic mass is 10.1. The molecule has 2 aromatic carbocycles. The van der Waals surface area contributed by atoms with Gasteiger partial charge >= 0.3 is 5.97 Å². The second-order valence-corrected chi connectivity index (χ2v) is 7.04. The zero-order chi connectivity index (χ0) is 21.1. The molecule has 0 spiro atoms. The average Bonchev–Trinajstić information content (AvgIpc) is 3.12. The summed E-state index contributed by atoms with van der Waals surface area (Å²) in [6.45, 7) is 0. The molecule has 4 aromatic rings. The summed E-state index contributed by atoms with van der Waals surface area (Å²) in [6, 6.07) is 19.7. The van der Waals surface area contributed by atoms with E-state index in [-0.39, 0.29) is 12.3 Å². The molecule has 0 aliphatic carbocycles. The first kappa shape index (κ1) is 19.7. The first-order chi connectivity index (χ1) is 14.6. The molecule has 0 fully saturated rings. The Morgan fingerprint density at radius 1 is 1.03 bits per heavy atom. The number of carbonyl (C=O) groups is 2. The number of ether oxygens (including phenoxy) is 1. The van der Waals surface area contributed by atoms with Crippen LogP contribution >= 0.6 is 11.6 Å². The summed E-state index contributed by atoms with van der Waals surface area (Å²) in [5.74, 6) is -0.783. The zero-order valence-corrected chi connectivity index (χ0v) is 16.9. The molecule has 0 aliphatic rings. The summed E-state index contributed by atoms with van der Waals surface area (Å²) in [4.78, 5) is 29.6. The number of nitrogens with one attached hydrogen (secondary N) is 1. The highest BCUT2D eigenvalue weighted by Gasteiger charge is 2.19. The third-order valence-corrected chi connectivity index (χ3v) is 4.93. The molecular weight excluding hydrogens is 402 g/mol. The van der Waals surface area contributed by atoms with Gasteiger partial charge in [-0.25, -0.2) is 9.78 Å². The highest BCUT2D eigenvalue weighted by atomic mass is 35.5. The van der Waals surface area contributed by atoms with Gasteiger partial charge in [-0.05, 0) is 36.4 Å². The topological polar surface area (TPSA) is 72.7 Å². The third kappa shape index (κ3) is 3.90. The number of methoxy groups -OCH3 is 1. The number of aromatic nitrogens is 2. The third-order valence-electron chi connectivity index (χ3n) is 4.68. The van der Waals surface area contributed by atoms with Gasteiger partial charge in [-0.1, -0.05) is 41.9 Å². The van der Waals surface area contributed by atoms with E-state index in [0.717, 1.165) is 16.9 Å². The number of pyridine rings is 1. The van der Waals surface area contributed by atoms with Crippen LogP contribution in [0.25, 0.3) is 16.9 Å². The van der Waals surface area contributed by atoms with Gasteiger partial charge in [0.2, 0.25) is 5.91 Å². The van der Waals surface area contributed by atoms with E-state index in [4.69, 9.17) is 21.3 Å². The van der Waals surface area contributed by atoms with Crippen molar-refractivity contribution in [1.29, 1.82) is 0 Å². The van der Waals surface area contributed by atoms with Crippen LogP contribution in [0.3, 0.4) is 0 Å². The standard InChI is InChI=1S/C23H18ClN3O3/c1-30-23(29)17-6-2-3-7-18(17)25-21(28)14-19-22(15-9-11-16(24)12-10-15)26-20-8-4-5-13-27(19)20/h2-13H,14H2,1H3,(H,25,28). The van der Waals surface area contributed by atoms with Gasteiger partial charge in [0, 0.05) is 16.8 Å². The number of anilines is 1. The fourth-order valence-electron chi connectivity index (χ4n) is 3.28. The first-order valence-corrected chi connectivity index (χ1v) is 9.63. The van der Waals surface area contributed by atoms with Crippen molar-refractivity contribution in [2.75, 3.05) is 12.4 Å². The van der Waals surface area contributed by atoms with Gasteiger partial charge in [0.25, 0.3) is 0 Å². The summed E-state index contributed by atoms with van der Waals surface area (Å²) in [7, 11) is 1.30. The van der Waals surface area contributed by atoms with Gasteiger partial charge < -0.3 is 14.5 Å². The Labute approximate surface area is 178 Å². The molecule has 150 valence electrons. The van der Waals surface area contributed by atoms with Crippen molar-refractivity contribution in [2.24, 2.45) is 0 Å². The van der Waals surface area contributed by atoms with Gasteiger partial charge in [-0.15, -0.1) is 0 Å². The number of fused-ring (bicyclic) bond motifs is 1. The molecule has 4 rings (SSSR count). The normalized spacial score (nSPS) is 10.7. The largest absolute Gasteiger partial charge is 0.465 e. The number of amides is 1. The molecule has 0 aliphatic heterocycles. The molecule has 7 heteroatoms. The summed E-state index contributed by atoms with van der Waals surface area (Å²) in [5.41, 5.74) is 3.73. The number of nitrogens with zero attached hydrogens (tertiary/aromatic N) is 2. The number of rotatable bonds is 5. The molecule has 0 unspecified atom stereocenters. The van der Waals surface area contributed by atoms with Crippen LogP contribution in [-0.2, 0) is 16.0 Å². The maximum Gasteiger partial charge on any atom is 0.339 e. The van der Waals surface area contributed by atoms with E-state index in [1.807, 2.05) is 40.9 Å².